The molecule has 0 aliphatic heterocycles. The zero-order chi connectivity index (χ0) is 12.1. The number of hydrogen-bond acceptors (Lipinski definition) is 3. The number of halogens is 1. The molecule has 5 heteroatoms. The summed E-state index contributed by atoms with van der Waals surface area (Å²) in [5, 5.41) is 2.97. The molecule has 1 aromatic carbocycles. The van der Waals surface area contributed by atoms with Crippen LogP contribution in [0.4, 0.5) is 10.1 Å². The Kier molecular flexibility index (Phi) is 4.10. The van der Waals surface area contributed by atoms with E-state index in [9.17, 15) is 9.18 Å². The summed E-state index contributed by atoms with van der Waals surface area (Å²) in [6, 6.07) is 4.38. The van der Waals surface area contributed by atoms with Gasteiger partial charge in [0.05, 0.1) is 7.11 Å². The minimum absolute atomic E-state index is 0.134. The van der Waals surface area contributed by atoms with Crippen LogP contribution in [0.2, 0.25) is 0 Å². The van der Waals surface area contributed by atoms with Gasteiger partial charge in [-0.05, 0) is 19.1 Å². The van der Waals surface area contributed by atoms with E-state index in [0.717, 1.165) is 0 Å². The molecule has 1 atom stereocenters. The van der Waals surface area contributed by atoms with Gasteiger partial charge in [-0.2, -0.15) is 0 Å². The number of benzene rings is 1. The first-order valence-corrected chi connectivity index (χ1v) is 4.91. The highest BCUT2D eigenvalue weighted by Crippen LogP contribution is 2.21. The van der Waals surface area contributed by atoms with Gasteiger partial charge in [0.1, 0.15) is 0 Å². The molecule has 0 fully saturated rings. The first kappa shape index (κ1) is 12.3. The van der Waals surface area contributed by atoms with Crippen LogP contribution in [-0.2, 0) is 4.79 Å². The number of ether oxygens (including phenoxy) is 1. The summed E-state index contributed by atoms with van der Waals surface area (Å²) in [7, 11) is 1.40. The number of amides is 1. The highest BCUT2D eigenvalue weighted by atomic mass is 19.1. The molecule has 16 heavy (non-hydrogen) atoms. The van der Waals surface area contributed by atoms with Crippen molar-refractivity contribution in [2.24, 2.45) is 5.73 Å². The van der Waals surface area contributed by atoms with Crippen molar-refractivity contribution in [1.82, 2.24) is 0 Å². The molecule has 88 valence electrons. The van der Waals surface area contributed by atoms with E-state index in [0.29, 0.717) is 5.69 Å². The molecule has 0 aliphatic rings. The Morgan fingerprint density at radius 2 is 2.31 bits per heavy atom. The second kappa shape index (κ2) is 5.34. The van der Waals surface area contributed by atoms with Gasteiger partial charge >= 0.3 is 0 Å². The fraction of sp³-hybridized carbons (Fsp3) is 0.364. The van der Waals surface area contributed by atoms with Gasteiger partial charge in [0.2, 0.25) is 5.91 Å². The number of primary amides is 1. The topological polar surface area (TPSA) is 64.3 Å². The summed E-state index contributed by atoms with van der Waals surface area (Å²) >= 11 is 0. The van der Waals surface area contributed by atoms with Gasteiger partial charge in [0, 0.05) is 24.2 Å². The number of nitrogens with one attached hydrogen (secondary N) is 1. The normalized spacial score (nSPS) is 11.9. The van der Waals surface area contributed by atoms with E-state index in [1.54, 1.807) is 13.0 Å². The molecule has 0 bridgehead atoms. The van der Waals surface area contributed by atoms with Crippen LogP contribution in [0.1, 0.15) is 13.3 Å². The van der Waals surface area contributed by atoms with Crippen LogP contribution in [0.15, 0.2) is 18.2 Å². The van der Waals surface area contributed by atoms with E-state index < -0.39 is 11.7 Å². The molecule has 0 aliphatic carbocycles. The number of carbonyl (C=O) groups is 1. The first-order valence-electron chi connectivity index (χ1n) is 4.91. The van der Waals surface area contributed by atoms with Gasteiger partial charge in [-0.25, -0.2) is 4.39 Å². The van der Waals surface area contributed by atoms with Crippen LogP contribution in [0, 0.1) is 5.82 Å². The molecular weight excluding hydrogens is 211 g/mol. The molecule has 0 aromatic heterocycles. The van der Waals surface area contributed by atoms with Crippen LogP contribution in [0.3, 0.4) is 0 Å². The number of rotatable bonds is 5. The molecule has 0 saturated carbocycles. The highest BCUT2D eigenvalue weighted by Gasteiger charge is 2.08. The lowest BCUT2D eigenvalue weighted by Crippen LogP contribution is -2.23. The summed E-state index contributed by atoms with van der Waals surface area (Å²) in [5.74, 6) is -0.652. The highest BCUT2D eigenvalue weighted by molar-refractivity contribution is 5.74. The van der Waals surface area contributed by atoms with Crippen LogP contribution < -0.4 is 15.8 Å². The molecule has 4 nitrogen and oxygen atoms in total. The summed E-state index contributed by atoms with van der Waals surface area (Å²) in [5.41, 5.74) is 5.64. The van der Waals surface area contributed by atoms with Gasteiger partial charge in [0.15, 0.2) is 11.6 Å². The molecule has 1 unspecified atom stereocenters. The first-order chi connectivity index (χ1) is 7.52. The largest absolute Gasteiger partial charge is 0.494 e. The Bertz CT molecular complexity index is 382. The van der Waals surface area contributed by atoms with Gasteiger partial charge in [-0.15, -0.1) is 0 Å². The van der Waals surface area contributed by atoms with Crippen molar-refractivity contribution in [3.8, 4) is 5.75 Å². The Morgan fingerprint density at radius 3 is 2.81 bits per heavy atom. The molecule has 3 N–H and O–H groups in total. The number of hydrogen-bond donors (Lipinski definition) is 2. The molecule has 1 aromatic rings. The molecular formula is C11H15FN2O2. The standard InChI is InChI=1S/C11H15FN2O2/c1-7(5-11(13)15)14-8-3-4-10(16-2)9(12)6-8/h3-4,6-7,14H,5H2,1-2H3,(H2,13,15). The Balaban J connectivity index is 2.67. The summed E-state index contributed by atoms with van der Waals surface area (Å²) in [4.78, 5) is 10.7. The Morgan fingerprint density at radius 1 is 1.62 bits per heavy atom. The van der Waals surface area contributed by atoms with Crippen LogP contribution >= 0.6 is 0 Å². The van der Waals surface area contributed by atoms with Crippen molar-refractivity contribution in [3.05, 3.63) is 24.0 Å². The molecule has 0 saturated heterocycles. The fourth-order valence-electron chi connectivity index (χ4n) is 1.39. The monoisotopic (exact) mass is 226 g/mol. The lowest BCUT2D eigenvalue weighted by molar-refractivity contribution is -0.118. The fourth-order valence-corrected chi connectivity index (χ4v) is 1.39. The third-order valence-corrected chi connectivity index (χ3v) is 2.07. The van der Waals surface area contributed by atoms with Crippen LogP contribution in [0.5, 0.6) is 5.75 Å². The molecule has 1 amide bonds. The second-order valence-electron chi connectivity index (χ2n) is 3.57. The predicted octanol–water partition coefficient (Wildman–Crippen LogP) is 1.51. The molecule has 0 radical (unpaired) electrons. The van der Waals surface area contributed by atoms with Crippen molar-refractivity contribution in [2.75, 3.05) is 12.4 Å². The zero-order valence-corrected chi connectivity index (χ0v) is 9.29. The quantitative estimate of drug-likeness (QED) is 0.799. The van der Waals surface area contributed by atoms with Crippen molar-refractivity contribution < 1.29 is 13.9 Å². The van der Waals surface area contributed by atoms with Crippen LogP contribution in [0.25, 0.3) is 0 Å². The molecule has 0 heterocycles. The van der Waals surface area contributed by atoms with E-state index in [2.05, 4.69) is 5.32 Å². The van der Waals surface area contributed by atoms with Gasteiger partial charge in [-0.1, -0.05) is 0 Å². The number of nitrogens with two attached hydrogens (primary N) is 1. The maximum Gasteiger partial charge on any atom is 0.219 e. The molecule has 0 spiro atoms. The van der Waals surface area contributed by atoms with E-state index in [4.69, 9.17) is 10.5 Å². The van der Waals surface area contributed by atoms with Crippen molar-refractivity contribution in [3.63, 3.8) is 0 Å². The minimum atomic E-state index is -0.446. The second-order valence-corrected chi connectivity index (χ2v) is 3.57. The SMILES string of the molecule is COc1ccc(NC(C)CC(N)=O)cc1F. The average Bonchev–Trinajstić information content (AvgIpc) is 2.16. The summed E-state index contributed by atoms with van der Waals surface area (Å²) < 4.78 is 18.1. The summed E-state index contributed by atoms with van der Waals surface area (Å²) in [6.45, 7) is 1.80. The average molecular weight is 226 g/mol. The zero-order valence-electron chi connectivity index (χ0n) is 9.29. The third kappa shape index (κ3) is 3.42. The van der Waals surface area contributed by atoms with E-state index in [1.165, 1.54) is 19.2 Å². The Hall–Kier alpha value is -1.78. The molecule has 1 rings (SSSR count). The smallest absolute Gasteiger partial charge is 0.219 e. The van der Waals surface area contributed by atoms with E-state index >= 15 is 0 Å². The van der Waals surface area contributed by atoms with Gasteiger partial charge in [-0.3, -0.25) is 4.79 Å². The van der Waals surface area contributed by atoms with Crippen molar-refractivity contribution >= 4 is 11.6 Å². The van der Waals surface area contributed by atoms with Gasteiger partial charge < -0.3 is 15.8 Å². The van der Waals surface area contributed by atoms with Crippen molar-refractivity contribution in [2.45, 2.75) is 19.4 Å². The maximum absolute atomic E-state index is 13.3. The number of methoxy groups -OCH3 is 1. The minimum Gasteiger partial charge on any atom is -0.494 e. The number of anilines is 1. The lowest BCUT2D eigenvalue weighted by Gasteiger charge is -2.14. The number of carbonyl (C=O) groups excluding carboxylic acids is 1. The summed E-state index contributed by atoms with van der Waals surface area (Å²) in [6.07, 6.45) is 0.202. The van der Waals surface area contributed by atoms with Gasteiger partial charge in [0.25, 0.3) is 0 Å². The third-order valence-electron chi connectivity index (χ3n) is 2.07. The lowest BCUT2D eigenvalue weighted by atomic mass is 10.2. The van der Waals surface area contributed by atoms with Crippen molar-refractivity contribution in [1.29, 1.82) is 0 Å². The van der Waals surface area contributed by atoms with E-state index in [1.807, 2.05) is 0 Å². The Labute approximate surface area is 93.6 Å². The van der Waals surface area contributed by atoms with Crippen LogP contribution in [-0.4, -0.2) is 19.1 Å². The maximum atomic E-state index is 13.3. The van der Waals surface area contributed by atoms with E-state index in [-0.39, 0.29) is 18.2 Å². The predicted molar refractivity (Wildman–Crippen MR) is 59.8 cm³/mol.